The van der Waals surface area contributed by atoms with Crippen LogP contribution in [-0.2, 0) is 0 Å². The quantitative estimate of drug-likeness (QED) is 0.901. The third-order valence-electron chi connectivity index (χ3n) is 2.95. The summed E-state index contributed by atoms with van der Waals surface area (Å²) in [7, 11) is 0. The van der Waals surface area contributed by atoms with Crippen molar-refractivity contribution in [2.24, 2.45) is 0 Å². The first-order valence-corrected chi connectivity index (χ1v) is 6.60. The Balaban J connectivity index is 2.15. The van der Waals surface area contributed by atoms with Gasteiger partial charge in [-0.15, -0.1) is 0 Å². The first kappa shape index (κ1) is 13.6. The van der Waals surface area contributed by atoms with E-state index in [1.54, 1.807) is 18.2 Å². The molecule has 0 bridgehead atoms. The van der Waals surface area contributed by atoms with Crippen LogP contribution in [0, 0.1) is 0 Å². The summed E-state index contributed by atoms with van der Waals surface area (Å²) in [4.78, 5) is 11.9. The van der Waals surface area contributed by atoms with Gasteiger partial charge in [0.15, 0.2) is 0 Å². The Morgan fingerprint density at radius 3 is 2.74 bits per heavy atom. The third kappa shape index (κ3) is 3.35. The predicted molar refractivity (Wildman–Crippen MR) is 76.3 cm³/mol. The van der Waals surface area contributed by atoms with Crippen LogP contribution in [0.3, 0.4) is 0 Å². The van der Waals surface area contributed by atoms with Gasteiger partial charge in [-0.3, -0.25) is 9.89 Å². The molecule has 5 heteroatoms. The summed E-state index contributed by atoms with van der Waals surface area (Å²) < 4.78 is 0. The smallest absolute Gasteiger partial charge is 0.269 e. The van der Waals surface area contributed by atoms with Crippen LogP contribution >= 0.6 is 11.6 Å². The lowest BCUT2D eigenvalue weighted by molar-refractivity contribution is 0.0934. The van der Waals surface area contributed by atoms with Gasteiger partial charge in [-0.05, 0) is 31.5 Å². The topological polar surface area (TPSA) is 57.8 Å². The molecule has 2 rings (SSSR count). The predicted octanol–water partition coefficient (Wildman–Crippen LogP) is 3.26. The largest absolute Gasteiger partial charge is 0.348 e. The van der Waals surface area contributed by atoms with Crippen LogP contribution in [0.2, 0.25) is 5.02 Å². The number of amides is 1. The van der Waals surface area contributed by atoms with Crippen LogP contribution in [0.4, 0.5) is 0 Å². The fraction of sp³-hybridized carbons (Fsp3) is 0.286. The van der Waals surface area contributed by atoms with E-state index in [-0.39, 0.29) is 11.9 Å². The SMILES string of the molecule is CCC(C)NC(=O)c1cc(-c2ccc(Cl)cc2)n[nH]1. The molecule has 0 saturated heterocycles. The minimum Gasteiger partial charge on any atom is -0.348 e. The van der Waals surface area contributed by atoms with Gasteiger partial charge in [-0.2, -0.15) is 5.10 Å². The van der Waals surface area contributed by atoms with Gasteiger partial charge in [0.25, 0.3) is 5.91 Å². The number of H-pyrrole nitrogens is 1. The molecule has 4 nitrogen and oxygen atoms in total. The van der Waals surface area contributed by atoms with Crippen LogP contribution in [0.1, 0.15) is 30.8 Å². The summed E-state index contributed by atoms with van der Waals surface area (Å²) in [5.41, 5.74) is 2.11. The van der Waals surface area contributed by atoms with Crippen molar-refractivity contribution in [3.63, 3.8) is 0 Å². The highest BCUT2D eigenvalue weighted by Crippen LogP contribution is 2.20. The molecule has 0 fully saturated rings. The molecule has 1 heterocycles. The Hall–Kier alpha value is -1.81. The van der Waals surface area contributed by atoms with Crippen molar-refractivity contribution in [1.82, 2.24) is 15.5 Å². The molecular weight excluding hydrogens is 262 g/mol. The van der Waals surface area contributed by atoms with E-state index in [1.165, 1.54) is 0 Å². The molecule has 2 N–H and O–H groups in total. The Morgan fingerprint density at radius 1 is 1.42 bits per heavy atom. The zero-order chi connectivity index (χ0) is 13.8. The van der Waals surface area contributed by atoms with Crippen LogP contribution in [-0.4, -0.2) is 22.1 Å². The summed E-state index contributed by atoms with van der Waals surface area (Å²) in [5, 5.41) is 10.5. The van der Waals surface area contributed by atoms with Crippen LogP contribution < -0.4 is 5.32 Å². The molecule has 1 unspecified atom stereocenters. The van der Waals surface area contributed by atoms with Crippen molar-refractivity contribution in [3.05, 3.63) is 41.0 Å². The maximum atomic E-state index is 11.9. The summed E-state index contributed by atoms with van der Waals surface area (Å²) >= 11 is 5.84. The van der Waals surface area contributed by atoms with Gasteiger partial charge in [0.1, 0.15) is 5.69 Å². The van der Waals surface area contributed by atoms with Crippen molar-refractivity contribution < 1.29 is 4.79 Å². The third-order valence-corrected chi connectivity index (χ3v) is 3.20. The summed E-state index contributed by atoms with van der Waals surface area (Å²) in [5.74, 6) is -0.137. The van der Waals surface area contributed by atoms with E-state index in [0.717, 1.165) is 17.7 Å². The Morgan fingerprint density at radius 2 is 2.11 bits per heavy atom. The Labute approximate surface area is 117 Å². The van der Waals surface area contributed by atoms with E-state index in [1.807, 2.05) is 26.0 Å². The lowest BCUT2D eigenvalue weighted by atomic mass is 10.1. The molecule has 0 spiro atoms. The van der Waals surface area contributed by atoms with E-state index < -0.39 is 0 Å². The van der Waals surface area contributed by atoms with Crippen LogP contribution in [0.5, 0.6) is 0 Å². The lowest BCUT2D eigenvalue weighted by Gasteiger charge is -2.09. The molecule has 0 aliphatic rings. The molecule has 1 aromatic heterocycles. The normalized spacial score (nSPS) is 12.2. The number of carbonyl (C=O) groups excluding carboxylic acids is 1. The van der Waals surface area contributed by atoms with E-state index in [4.69, 9.17) is 11.6 Å². The number of aromatic nitrogens is 2. The van der Waals surface area contributed by atoms with Gasteiger partial charge in [0.05, 0.1) is 5.69 Å². The average Bonchev–Trinajstić information content (AvgIpc) is 2.89. The molecule has 0 saturated carbocycles. The standard InChI is InChI=1S/C14H16ClN3O/c1-3-9(2)16-14(19)13-8-12(17-18-13)10-4-6-11(15)7-5-10/h4-9H,3H2,1-2H3,(H,16,19)(H,17,18). The molecule has 0 radical (unpaired) electrons. The molecule has 0 aliphatic heterocycles. The Bertz CT molecular complexity index is 562. The highest BCUT2D eigenvalue weighted by Gasteiger charge is 2.12. The maximum Gasteiger partial charge on any atom is 0.269 e. The lowest BCUT2D eigenvalue weighted by Crippen LogP contribution is -2.32. The fourth-order valence-corrected chi connectivity index (χ4v) is 1.74. The van der Waals surface area contributed by atoms with Gasteiger partial charge in [-0.1, -0.05) is 30.7 Å². The zero-order valence-electron chi connectivity index (χ0n) is 10.9. The number of hydrogen-bond donors (Lipinski definition) is 2. The first-order valence-electron chi connectivity index (χ1n) is 6.22. The highest BCUT2D eigenvalue weighted by molar-refractivity contribution is 6.30. The fourth-order valence-electron chi connectivity index (χ4n) is 1.61. The molecule has 0 aliphatic carbocycles. The molecule has 1 atom stereocenters. The van der Waals surface area contributed by atoms with E-state index in [0.29, 0.717) is 10.7 Å². The number of aromatic amines is 1. The maximum absolute atomic E-state index is 11.9. The van der Waals surface area contributed by atoms with E-state index >= 15 is 0 Å². The second kappa shape index (κ2) is 5.89. The van der Waals surface area contributed by atoms with Crippen molar-refractivity contribution >= 4 is 17.5 Å². The number of carbonyl (C=O) groups is 1. The van der Waals surface area contributed by atoms with Gasteiger partial charge in [-0.25, -0.2) is 0 Å². The summed E-state index contributed by atoms with van der Waals surface area (Å²) in [6.07, 6.45) is 0.893. The van der Waals surface area contributed by atoms with Crippen molar-refractivity contribution in [2.75, 3.05) is 0 Å². The number of nitrogens with one attached hydrogen (secondary N) is 2. The van der Waals surface area contributed by atoms with Crippen molar-refractivity contribution in [1.29, 1.82) is 0 Å². The number of rotatable bonds is 4. The molecule has 100 valence electrons. The van der Waals surface area contributed by atoms with E-state index in [2.05, 4.69) is 15.5 Å². The molecule has 2 aromatic rings. The number of benzene rings is 1. The van der Waals surface area contributed by atoms with Gasteiger partial charge < -0.3 is 5.32 Å². The summed E-state index contributed by atoms with van der Waals surface area (Å²) in [6, 6.07) is 9.22. The van der Waals surface area contributed by atoms with E-state index in [9.17, 15) is 4.79 Å². The summed E-state index contributed by atoms with van der Waals surface area (Å²) in [6.45, 7) is 3.99. The molecular formula is C14H16ClN3O. The van der Waals surface area contributed by atoms with Crippen molar-refractivity contribution in [3.8, 4) is 11.3 Å². The first-order chi connectivity index (χ1) is 9.10. The number of halogens is 1. The zero-order valence-corrected chi connectivity index (χ0v) is 11.7. The monoisotopic (exact) mass is 277 g/mol. The van der Waals surface area contributed by atoms with Crippen LogP contribution in [0.15, 0.2) is 30.3 Å². The number of hydrogen-bond acceptors (Lipinski definition) is 2. The minimum atomic E-state index is -0.137. The second-order valence-electron chi connectivity index (χ2n) is 4.46. The van der Waals surface area contributed by atoms with Gasteiger partial charge in [0.2, 0.25) is 0 Å². The average molecular weight is 278 g/mol. The van der Waals surface area contributed by atoms with Crippen LogP contribution in [0.25, 0.3) is 11.3 Å². The molecule has 1 amide bonds. The minimum absolute atomic E-state index is 0.137. The molecule has 1 aromatic carbocycles. The highest BCUT2D eigenvalue weighted by atomic mass is 35.5. The second-order valence-corrected chi connectivity index (χ2v) is 4.89. The van der Waals surface area contributed by atoms with Crippen molar-refractivity contribution in [2.45, 2.75) is 26.3 Å². The number of nitrogens with zero attached hydrogens (tertiary/aromatic N) is 1. The Kier molecular flexibility index (Phi) is 4.22. The van der Waals surface area contributed by atoms with Gasteiger partial charge >= 0.3 is 0 Å². The molecule has 19 heavy (non-hydrogen) atoms. The van der Waals surface area contributed by atoms with Gasteiger partial charge in [0, 0.05) is 16.6 Å².